The van der Waals surface area contributed by atoms with E-state index in [9.17, 15) is 19.5 Å². The molecule has 0 spiro atoms. The smallest absolute Gasteiger partial charge is 0.248 e. The number of likely N-dealkylation sites (N-methyl/N-ethyl adjacent to an activating group) is 1. The SMILES string of the molecule is CN[C@@H](C)C(=O)N[C@H](C(=O)N1C[C@@H](C)C[C@H]1C(=O)NCCc1ccccc1)[C@H](C)O. The van der Waals surface area contributed by atoms with E-state index in [1.165, 1.54) is 11.8 Å². The van der Waals surface area contributed by atoms with Crippen molar-refractivity contribution >= 4 is 17.7 Å². The maximum Gasteiger partial charge on any atom is 0.248 e. The molecule has 4 N–H and O–H groups in total. The molecule has 0 saturated carbocycles. The monoisotopic (exact) mass is 418 g/mol. The van der Waals surface area contributed by atoms with Crippen LogP contribution in [0, 0.1) is 5.92 Å². The highest BCUT2D eigenvalue weighted by atomic mass is 16.3. The van der Waals surface area contributed by atoms with Crippen LogP contribution in [0.4, 0.5) is 0 Å². The van der Waals surface area contributed by atoms with Gasteiger partial charge in [-0.25, -0.2) is 0 Å². The molecule has 0 radical (unpaired) electrons. The summed E-state index contributed by atoms with van der Waals surface area (Å²) < 4.78 is 0. The van der Waals surface area contributed by atoms with Crippen LogP contribution in [0.3, 0.4) is 0 Å². The van der Waals surface area contributed by atoms with Crippen molar-refractivity contribution in [1.29, 1.82) is 0 Å². The summed E-state index contributed by atoms with van der Waals surface area (Å²) in [6.45, 7) is 6.00. The number of amides is 3. The summed E-state index contributed by atoms with van der Waals surface area (Å²) in [7, 11) is 1.64. The van der Waals surface area contributed by atoms with Gasteiger partial charge in [0, 0.05) is 13.1 Å². The van der Waals surface area contributed by atoms with E-state index in [1.807, 2.05) is 37.3 Å². The molecule has 5 atom stereocenters. The molecule has 2 rings (SSSR count). The van der Waals surface area contributed by atoms with Crippen LogP contribution in [0.15, 0.2) is 30.3 Å². The molecule has 1 saturated heterocycles. The van der Waals surface area contributed by atoms with E-state index < -0.39 is 30.1 Å². The molecule has 1 aromatic carbocycles. The van der Waals surface area contributed by atoms with Crippen molar-refractivity contribution in [2.45, 2.75) is 57.8 Å². The Bertz CT molecular complexity index is 725. The van der Waals surface area contributed by atoms with Gasteiger partial charge >= 0.3 is 0 Å². The highest BCUT2D eigenvalue weighted by molar-refractivity contribution is 5.93. The Morgan fingerprint density at radius 2 is 1.87 bits per heavy atom. The Hall–Kier alpha value is -2.45. The van der Waals surface area contributed by atoms with Crippen molar-refractivity contribution in [2.24, 2.45) is 5.92 Å². The van der Waals surface area contributed by atoms with Gasteiger partial charge in [-0.1, -0.05) is 37.3 Å². The molecule has 1 aromatic rings. The lowest BCUT2D eigenvalue weighted by molar-refractivity contribution is -0.144. The molecular weight excluding hydrogens is 384 g/mol. The summed E-state index contributed by atoms with van der Waals surface area (Å²) in [4.78, 5) is 39.7. The Morgan fingerprint density at radius 1 is 1.20 bits per heavy atom. The molecule has 0 aliphatic carbocycles. The standard InChI is InChI=1S/C22H34N4O4/c1-14-12-18(21(29)24-11-10-17-8-6-5-7-9-17)26(13-14)22(30)19(16(3)27)25-20(28)15(2)23-4/h5-9,14-16,18-19,23,27H,10-13H2,1-4H3,(H,24,29)(H,25,28)/t14-,15-,16-,18-,19-/m0/s1. The van der Waals surface area contributed by atoms with E-state index in [-0.39, 0.29) is 17.7 Å². The minimum absolute atomic E-state index is 0.153. The lowest BCUT2D eigenvalue weighted by atomic mass is 10.1. The van der Waals surface area contributed by atoms with Crippen LogP contribution in [0.2, 0.25) is 0 Å². The van der Waals surface area contributed by atoms with Crippen LogP contribution in [-0.4, -0.2) is 72.1 Å². The predicted octanol–water partition coefficient (Wildman–Crippen LogP) is 0.0558. The van der Waals surface area contributed by atoms with Crippen molar-refractivity contribution in [3.05, 3.63) is 35.9 Å². The summed E-state index contributed by atoms with van der Waals surface area (Å²) in [5.74, 6) is -0.870. The average Bonchev–Trinajstić information content (AvgIpc) is 3.13. The van der Waals surface area contributed by atoms with Gasteiger partial charge in [0.15, 0.2) is 0 Å². The van der Waals surface area contributed by atoms with E-state index in [2.05, 4.69) is 16.0 Å². The van der Waals surface area contributed by atoms with Crippen molar-refractivity contribution in [3.63, 3.8) is 0 Å². The third-order valence-corrected chi connectivity index (χ3v) is 5.52. The molecular formula is C22H34N4O4. The topological polar surface area (TPSA) is 111 Å². The number of likely N-dealkylation sites (tertiary alicyclic amines) is 1. The molecule has 1 fully saturated rings. The van der Waals surface area contributed by atoms with Crippen molar-refractivity contribution < 1.29 is 19.5 Å². The zero-order valence-corrected chi connectivity index (χ0v) is 18.2. The minimum atomic E-state index is -1.10. The van der Waals surface area contributed by atoms with Gasteiger partial charge < -0.3 is 26.0 Å². The van der Waals surface area contributed by atoms with Crippen LogP contribution < -0.4 is 16.0 Å². The fourth-order valence-electron chi connectivity index (χ4n) is 3.61. The number of hydrogen-bond donors (Lipinski definition) is 4. The lowest BCUT2D eigenvalue weighted by Gasteiger charge is -2.30. The van der Waals surface area contributed by atoms with Crippen molar-refractivity contribution in [2.75, 3.05) is 20.1 Å². The fourth-order valence-corrected chi connectivity index (χ4v) is 3.61. The molecule has 0 aromatic heterocycles. The molecule has 3 amide bonds. The number of rotatable bonds is 9. The van der Waals surface area contributed by atoms with Gasteiger partial charge in [-0.2, -0.15) is 0 Å². The highest BCUT2D eigenvalue weighted by Crippen LogP contribution is 2.24. The van der Waals surface area contributed by atoms with E-state index in [1.54, 1.807) is 14.0 Å². The van der Waals surface area contributed by atoms with Crippen molar-refractivity contribution in [1.82, 2.24) is 20.9 Å². The summed E-state index contributed by atoms with van der Waals surface area (Å²) in [6.07, 6.45) is 0.177. The first-order valence-electron chi connectivity index (χ1n) is 10.5. The highest BCUT2D eigenvalue weighted by Gasteiger charge is 2.41. The first-order chi connectivity index (χ1) is 14.2. The van der Waals surface area contributed by atoms with Gasteiger partial charge in [0.2, 0.25) is 17.7 Å². The normalized spacial score (nSPS) is 21.6. The van der Waals surface area contributed by atoms with Crippen molar-refractivity contribution in [3.8, 4) is 0 Å². The first-order valence-corrected chi connectivity index (χ1v) is 10.5. The molecule has 30 heavy (non-hydrogen) atoms. The van der Waals surface area contributed by atoms with Crippen LogP contribution in [-0.2, 0) is 20.8 Å². The zero-order chi connectivity index (χ0) is 22.3. The number of nitrogens with one attached hydrogen (secondary N) is 3. The summed E-state index contributed by atoms with van der Waals surface area (Å²) in [5.41, 5.74) is 1.13. The molecule has 0 bridgehead atoms. The van der Waals surface area contributed by atoms with Gasteiger partial charge in [0.05, 0.1) is 12.1 Å². The number of benzene rings is 1. The molecule has 8 heteroatoms. The van der Waals surface area contributed by atoms with Crippen LogP contribution >= 0.6 is 0 Å². The Kier molecular flexibility index (Phi) is 8.80. The van der Waals surface area contributed by atoms with E-state index >= 15 is 0 Å². The molecule has 1 aliphatic heterocycles. The average molecular weight is 419 g/mol. The van der Waals surface area contributed by atoms with Crippen LogP contribution in [0.1, 0.15) is 32.8 Å². The second-order valence-corrected chi connectivity index (χ2v) is 8.11. The lowest BCUT2D eigenvalue weighted by Crippen LogP contribution is -2.58. The summed E-state index contributed by atoms with van der Waals surface area (Å²) >= 11 is 0. The summed E-state index contributed by atoms with van der Waals surface area (Å²) in [6, 6.07) is 7.64. The number of hydrogen-bond acceptors (Lipinski definition) is 5. The number of carbonyl (C=O) groups excluding carboxylic acids is 3. The second kappa shape index (κ2) is 11.1. The number of nitrogens with zero attached hydrogens (tertiary/aromatic N) is 1. The van der Waals surface area contributed by atoms with Gasteiger partial charge in [0.25, 0.3) is 0 Å². The zero-order valence-electron chi connectivity index (χ0n) is 18.2. The Balaban J connectivity index is 2.02. The van der Waals surface area contributed by atoms with Gasteiger partial charge in [-0.15, -0.1) is 0 Å². The molecule has 8 nitrogen and oxygen atoms in total. The van der Waals surface area contributed by atoms with Gasteiger partial charge in [0.1, 0.15) is 12.1 Å². The van der Waals surface area contributed by atoms with Gasteiger partial charge in [-0.05, 0) is 45.2 Å². The number of aliphatic hydroxyl groups is 1. The second-order valence-electron chi connectivity index (χ2n) is 8.11. The maximum absolute atomic E-state index is 13.1. The largest absolute Gasteiger partial charge is 0.391 e. The van der Waals surface area contributed by atoms with E-state index in [0.717, 1.165) is 5.56 Å². The van der Waals surface area contributed by atoms with Gasteiger partial charge in [-0.3, -0.25) is 14.4 Å². The molecule has 0 unspecified atom stereocenters. The fraction of sp³-hybridized carbons (Fsp3) is 0.591. The predicted molar refractivity (Wildman–Crippen MR) is 115 cm³/mol. The molecule has 166 valence electrons. The molecule has 1 heterocycles. The molecule has 1 aliphatic rings. The number of carbonyl (C=O) groups is 3. The Morgan fingerprint density at radius 3 is 2.47 bits per heavy atom. The Labute approximate surface area is 178 Å². The van der Waals surface area contributed by atoms with E-state index in [4.69, 9.17) is 0 Å². The quantitative estimate of drug-likeness (QED) is 0.453. The minimum Gasteiger partial charge on any atom is -0.391 e. The first kappa shape index (κ1) is 23.8. The van der Waals surface area contributed by atoms with Crippen LogP contribution in [0.25, 0.3) is 0 Å². The van der Waals surface area contributed by atoms with E-state index in [0.29, 0.717) is 25.9 Å². The number of aliphatic hydroxyl groups excluding tert-OH is 1. The third-order valence-electron chi connectivity index (χ3n) is 5.52. The summed E-state index contributed by atoms with van der Waals surface area (Å²) in [5, 5.41) is 18.5. The van der Waals surface area contributed by atoms with Crippen LogP contribution in [0.5, 0.6) is 0 Å². The third kappa shape index (κ3) is 6.27. The maximum atomic E-state index is 13.1.